The molecule has 0 bridgehead atoms. The molecule has 2 rings (SSSR count). The van der Waals surface area contributed by atoms with Crippen LogP contribution in [0.4, 0.5) is 0 Å². The molecule has 0 saturated heterocycles. The number of carbonyl (C=O) groups is 1. The number of ketones is 1. The molecule has 0 amide bonds. The topological polar surface area (TPSA) is 17.1 Å². The average Bonchev–Trinajstić information content (AvgIpc) is 2.77. The van der Waals surface area contributed by atoms with E-state index >= 15 is 0 Å². The van der Waals surface area contributed by atoms with Crippen LogP contribution in [0.2, 0.25) is 0 Å². The summed E-state index contributed by atoms with van der Waals surface area (Å²) in [5.74, 6) is 1.13. The molecular formula is C11H18O. The third-order valence-corrected chi connectivity index (χ3v) is 4.21. The number of rotatable bonds is 0. The molecule has 0 N–H and O–H groups in total. The van der Waals surface area contributed by atoms with Gasteiger partial charge in [0.1, 0.15) is 5.78 Å². The molecule has 0 radical (unpaired) electrons. The standard InChI is InChI=1S/C11H18O/c1-8-4-5-11(6-7-11)9(12)10(8,2)3/h8H,4-7H2,1-3H3. The van der Waals surface area contributed by atoms with E-state index in [4.69, 9.17) is 0 Å². The molecule has 0 aromatic carbocycles. The first kappa shape index (κ1) is 8.28. The lowest BCUT2D eigenvalue weighted by Gasteiger charge is -2.39. The molecule has 0 heterocycles. The Hall–Kier alpha value is -0.330. The second-order valence-corrected chi connectivity index (χ2v) is 5.27. The molecule has 1 heteroatoms. The maximum absolute atomic E-state index is 12.0. The number of hydrogen-bond acceptors (Lipinski definition) is 1. The SMILES string of the molecule is CC1CCC2(CC2)C(=O)C1(C)C. The Kier molecular flexibility index (Phi) is 1.47. The molecule has 2 aliphatic rings. The van der Waals surface area contributed by atoms with Gasteiger partial charge in [-0.25, -0.2) is 0 Å². The van der Waals surface area contributed by atoms with Crippen molar-refractivity contribution >= 4 is 5.78 Å². The van der Waals surface area contributed by atoms with Crippen LogP contribution in [0.1, 0.15) is 46.5 Å². The van der Waals surface area contributed by atoms with Crippen molar-refractivity contribution < 1.29 is 4.79 Å². The molecule has 1 spiro atoms. The van der Waals surface area contributed by atoms with E-state index in [1.807, 2.05) is 0 Å². The summed E-state index contributed by atoms with van der Waals surface area (Å²) in [5.41, 5.74) is 0.116. The van der Waals surface area contributed by atoms with Gasteiger partial charge in [0.25, 0.3) is 0 Å². The lowest BCUT2D eigenvalue weighted by molar-refractivity contribution is -0.139. The zero-order valence-electron chi connectivity index (χ0n) is 8.31. The van der Waals surface area contributed by atoms with Crippen molar-refractivity contribution in [2.24, 2.45) is 16.7 Å². The molecule has 1 atom stereocenters. The largest absolute Gasteiger partial charge is 0.298 e. The van der Waals surface area contributed by atoms with E-state index in [1.165, 1.54) is 19.3 Å². The summed E-state index contributed by atoms with van der Waals surface area (Å²) in [4.78, 5) is 12.0. The summed E-state index contributed by atoms with van der Waals surface area (Å²) in [7, 11) is 0. The molecule has 2 aliphatic carbocycles. The summed E-state index contributed by atoms with van der Waals surface area (Å²) < 4.78 is 0. The van der Waals surface area contributed by atoms with E-state index in [0.717, 1.165) is 6.42 Å². The molecular weight excluding hydrogens is 148 g/mol. The Morgan fingerprint density at radius 2 is 1.83 bits per heavy atom. The van der Waals surface area contributed by atoms with E-state index in [9.17, 15) is 4.79 Å². The molecule has 1 nitrogen and oxygen atoms in total. The van der Waals surface area contributed by atoms with Crippen LogP contribution in [0.5, 0.6) is 0 Å². The lowest BCUT2D eigenvalue weighted by atomic mass is 9.63. The Labute approximate surface area is 74.5 Å². The van der Waals surface area contributed by atoms with E-state index in [1.54, 1.807) is 0 Å². The van der Waals surface area contributed by atoms with Crippen molar-refractivity contribution in [3.63, 3.8) is 0 Å². The quantitative estimate of drug-likeness (QED) is 0.541. The average molecular weight is 166 g/mol. The minimum Gasteiger partial charge on any atom is -0.298 e. The Bertz CT molecular complexity index is 223. The van der Waals surface area contributed by atoms with Gasteiger partial charge >= 0.3 is 0 Å². The number of hydrogen-bond donors (Lipinski definition) is 0. The fourth-order valence-electron chi connectivity index (χ4n) is 2.50. The van der Waals surface area contributed by atoms with Gasteiger partial charge in [-0.1, -0.05) is 20.8 Å². The van der Waals surface area contributed by atoms with Gasteiger partial charge < -0.3 is 0 Å². The molecule has 2 fully saturated rings. The maximum Gasteiger partial charge on any atom is 0.144 e. The van der Waals surface area contributed by atoms with Crippen LogP contribution < -0.4 is 0 Å². The predicted molar refractivity (Wildman–Crippen MR) is 48.9 cm³/mol. The van der Waals surface area contributed by atoms with Crippen LogP contribution in [0.15, 0.2) is 0 Å². The first-order chi connectivity index (χ1) is 5.49. The summed E-state index contributed by atoms with van der Waals surface area (Å²) in [6, 6.07) is 0. The summed E-state index contributed by atoms with van der Waals surface area (Å²) in [6.45, 7) is 6.46. The molecule has 0 aromatic heterocycles. The first-order valence-corrected chi connectivity index (χ1v) is 5.04. The highest BCUT2D eigenvalue weighted by molar-refractivity contribution is 5.92. The predicted octanol–water partition coefficient (Wildman–Crippen LogP) is 2.79. The van der Waals surface area contributed by atoms with Crippen LogP contribution in [-0.2, 0) is 4.79 Å². The van der Waals surface area contributed by atoms with Crippen LogP contribution in [0, 0.1) is 16.7 Å². The molecule has 68 valence electrons. The van der Waals surface area contributed by atoms with Gasteiger partial charge in [-0.15, -0.1) is 0 Å². The van der Waals surface area contributed by atoms with Crippen LogP contribution >= 0.6 is 0 Å². The maximum atomic E-state index is 12.0. The smallest absolute Gasteiger partial charge is 0.144 e. The highest BCUT2D eigenvalue weighted by Gasteiger charge is 2.57. The first-order valence-electron chi connectivity index (χ1n) is 5.04. The van der Waals surface area contributed by atoms with E-state index in [2.05, 4.69) is 20.8 Å². The fourth-order valence-corrected chi connectivity index (χ4v) is 2.50. The minimum atomic E-state index is -0.0469. The third kappa shape index (κ3) is 0.884. The fraction of sp³-hybridized carbons (Fsp3) is 0.909. The molecule has 0 aliphatic heterocycles. The zero-order valence-corrected chi connectivity index (χ0v) is 8.31. The minimum absolute atomic E-state index is 0.0469. The van der Waals surface area contributed by atoms with E-state index in [0.29, 0.717) is 11.7 Å². The molecule has 2 saturated carbocycles. The van der Waals surface area contributed by atoms with Gasteiger partial charge in [0.2, 0.25) is 0 Å². The molecule has 0 aromatic rings. The van der Waals surface area contributed by atoms with Crippen molar-refractivity contribution in [3.05, 3.63) is 0 Å². The Morgan fingerprint density at radius 3 is 2.33 bits per heavy atom. The van der Waals surface area contributed by atoms with Gasteiger partial charge in [0, 0.05) is 10.8 Å². The van der Waals surface area contributed by atoms with Crippen molar-refractivity contribution in [2.45, 2.75) is 46.5 Å². The van der Waals surface area contributed by atoms with Gasteiger partial charge in [-0.3, -0.25) is 4.79 Å². The normalized spacial score (nSPS) is 36.9. The highest BCUT2D eigenvalue weighted by Crippen LogP contribution is 2.59. The second kappa shape index (κ2) is 2.12. The Morgan fingerprint density at radius 1 is 1.25 bits per heavy atom. The van der Waals surface area contributed by atoms with Crippen LogP contribution in [-0.4, -0.2) is 5.78 Å². The second-order valence-electron chi connectivity index (χ2n) is 5.27. The van der Waals surface area contributed by atoms with Crippen molar-refractivity contribution in [1.29, 1.82) is 0 Å². The number of Topliss-reactive ketones (excluding diaryl/α,β-unsaturated/α-hetero) is 1. The third-order valence-electron chi connectivity index (χ3n) is 4.21. The number of carbonyl (C=O) groups excluding carboxylic acids is 1. The molecule has 1 unspecified atom stereocenters. The monoisotopic (exact) mass is 166 g/mol. The van der Waals surface area contributed by atoms with Crippen LogP contribution in [0.3, 0.4) is 0 Å². The van der Waals surface area contributed by atoms with Crippen molar-refractivity contribution in [2.75, 3.05) is 0 Å². The lowest BCUT2D eigenvalue weighted by Crippen LogP contribution is -2.42. The summed E-state index contributed by atoms with van der Waals surface area (Å²) in [6.07, 6.45) is 4.75. The van der Waals surface area contributed by atoms with E-state index in [-0.39, 0.29) is 10.8 Å². The van der Waals surface area contributed by atoms with Gasteiger partial charge in [-0.05, 0) is 31.6 Å². The van der Waals surface area contributed by atoms with Crippen molar-refractivity contribution in [1.82, 2.24) is 0 Å². The molecule has 12 heavy (non-hydrogen) atoms. The summed E-state index contributed by atoms with van der Waals surface area (Å²) in [5, 5.41) is 0. The van der Waals surface area contributed by atoms with Gasteiger partial charge in [0.15, 0.2) is 0 Å². The zero-order chi connectivity index (χ0) is 8.98. The van der Waals surface area contributed by atoms with Crippen molar-refractivity contribution in [3.8, 4) is 0 Å². The Balaban J connectivity index is 2.27. The summed E-state index contributed by atoms with van der Waals surface area (Å²) >= 11 is 0. The van der Waals surface area contributed by atoms with E-state index < -0.39 is 0 Å². The van der Waals surface area contributed by atoms with Gasteiger partial charge in [-0.2, -0.15) is 0 Å². The van der Waals surface area contributed by atoms with Gasteiger partial charge in [0.05, 0.1) is 0 Å². The highest BCUT2D eigenvalue weighted by atomic mass is 16.1. The van der Waals surface area contributed by atoms with Crippen LogP contribution in [0.25, 0.3) is 0 Å².